The zero-order chi connectivity index (χ0) is 20.4. The molecule has 0 aliphatic rings. The smallest absolute Gasteiger partial charge is 0.244 e. The van der Waals surface area contributed by atoms with Crippen LogP contribution in [0, 0.1) is 0 Å². The van der Waals surface area contributed by atoms with Gasteiger partial charge in [0.25, 0.3) is 0 Å². The lowest BCUT2D eigenvalue weighted by atomic mass is 10.3. The number of amides is 2. The molecule has 2 heterocycles. The van der Waals surface area contributed by atoms with Gasteiger partial charge < -0.3 is 10.2 Å². The Morgan fingerprint density at radius 1 is 1.17 bits per heavy atom. The number of carbonyl (C=O) groups excluding carboxylic acids is 2. The lowest BCUT2D eigenvalue weighted by Gasteiger charge is -2.16. The third-order valence-electron chi connectivity index (χ3n) is 4.19. The maximum atomic E-state index is 12.5. The molecule has 0 bridgehead atoms. The minimum atomic E-state index is -0.312. The second-order valence-corrected chi connectivity index (χ2v) is 8.60. The maximum absolute atomic E-state index is 12.5. The molecule has 2 aromatic heterocycles. The van der Waals surface area contributed by atoms with E-state index < -0.39 is 0 Å². The molecule has 1 N–H and O–H groups in total. The van der Waals surface area contributed by atoms with E-state index in [1.165, 1.54) is 16.7 Å². The molecule has 2 aromatic carbocycles. The van der Waals surface area contributed by atoms with Gasteiger partial charge in [-0.05, 0) is 24.3 Å². The van der Waals surface area contributed by atoms with Crippen molar-refractivity contribution in [3.63, 3.8) is 0 Å². The van der Waals surface area contributed by atoms with E-state index in [2.05, 4.69) is 15.5 Å². The van der Waals surface area contributed by atoms with Crippen LogP contribution < -0.4 is 5.32 Å². The highest BCUT2D eigenvalue weighted by Crippen LogP contribution is 2.29. The van der Waals surface area contributed by atoms with Crippen LogP contribution in [0.2, 0.25) is 5.02 Å². The van der Waals surface area contributed by atoms with E-state index in [0.29, 0.717) is 15.9 Å². The van der Waals surface area contributed by atoms with Gasteiger partial charge in [0.05, 0.1) is 33.2 Å². The Labute approximate surface area is 179 Å². The van der Waals surface area contributed by atoms with Crippen molar-refractivity contribution in [2.24, 2.45) is 0 Å². The molecule has 10 heteroatoms. The Morgan fingerprint density at radius 3 is 2.76 bits per heavy atom. The number of thiazole rings is 1. The largest absolute Gasteiger partial charge is 0.336 e. The highest BCUT2D eigenvalue weighted by atomic mass is 35.5. The Balaban J connectivity index is 1.37. The molecule has 0 atom stereocenters. The second kappa shape index (κ2) is 8.40. The zero-order valence-corrected chi connectivity index (χ0v) is 17.7. The van der Waals surface area contributed by atoms with Gasteiger partial charge in [-0.15, -0.1) is 10.2 Å². The number of nitrogens with zero attached hydrogens (tertiary/aromatic N) is 4. The fraction of sp³-hybridized carbons (Fsp3) is 0.158. The van der Waals surface area contributed by atoms with Crippen LogP contribution >= 0.6 is 34.7 Å². The highest BCUT2D eigenvalue weighted by Gasteiger charge is 2.17. The van der Waals surface area contributed by atoms with Crippen LogP contribution in [0.5, 0.6) is 0 Å². The predicted molar refractivity (Wildman–Crippen MR) is 117 cm³/mol. The standard InChI is InChI=1S/C19H16ClN5O2S2/c1-24(10-16(26)21-13-7-3-2-6-12(13)20)17(27)11-28-18-22-23-19-25(18)14-8-4-5-9-15(14)29-19/h2-9H,10-11H2,1H3,(H,21,26). The topological polar surface area (TPSA) is 79.6 Å². The summed E-state index contributed by atoms with van der Waals surface area (Å²) >= 11 is 8.89. The summed E-state index contributed by atoms with van der Waals surface area (Å²) in [7, 11) is 1.59. The van der Waals surface area contributed by atoms with Gasteiger partial charge in [-0.1, -0.05) is 59.0 Å². The molecule has 2 amide bonds. The molecule has 7 nitrogen and oxygen atoms in total. The molecule has 0 spiro atoms. The fourth-order valence-electron chi connectivity index (χ4n) is 2.74. The number of hydrogen-bond donors (Lipinski definition) is 1. The second-order valence-electron chi connectivity index (χ2n) is 6.24. The molecule has 29 heavy (non-hydrogen) atoms. The quantitative estimate of drug-likeness (QED) is 0.457. The van der Waals surface area contributed by atoms with Crippen molar-refractivity contribution in [3.8, 4) is 0 Å². The molecular weight excluding hydrogens is 430 g/mol. The van der Waals surface area contributed by atoms with Crippen molar-refractivity contribution >= 4 is 67.4 Å². The first-order chi connectivity index (χ1) is 14.0. The molecule has 4 rings (SSSR count). The number of carbonyl (C=O) groups is 2. The number of benzene rings is 2. The molecule has 0 saturated carbocycles. The minimum Gasteiger partial charge on any atom is -0.336 e. The Hall–Kier alpha value is -2.62. The van der Waals surface area contributed by atoms with E-state index in [4.69, 9.17) is 11.6 Å². The van der Waals surface area contributed by atoms with E-state index in [1.54, 1.807) is 42.6 Å². The average Bonchev–Trinajstić information content (AvgIpc) is 3.27. The van der Waals surface area contributed by atoms with Crippen LogP contribution in [-0.4, -0.2) is 50.7 Å². The zero-order valence-electron chi connectivity index (χ0n) is 15.3. The summed E-state index contributed by atoms with van der Waals surface area (Å²) < 4.78 is 3.06. The van der Waals surface area contributed by atoms with Crippen molar-refractivity contribution in [2.45, 2.75) is 5.16 Å². The van der Waals surface area contributed by atoms with Crippen molar-refractivity contribution in [2.75, 3.05) is 24.7 Å². The van der Waals surface area contributed by atoms with Crippen molar-refractivity contribution in [1.29, 1.82) is 0 Å². The summed E-state index contributed by atoms with van der Waals surface area (Å²) in [5, 5.41) is 12.2. The van der Waals surface area contributed by atoms with E-state index >= 15 is 0 Å². The lowest BCUT2D eigenvalue weighted by molar-refractivity contribution is -0.131. The Bertz CT molecular complexity index is 1210. The number of fused-ring (bicyclic) bond motifs is 3. The molecule has 0 aliphatic carbocycles. The summed E-state index contributed by atoms with van der Waals surface area (Å²) in [6, 6.07) is 14.9. The van der Waals surface area contributed by atoms with Gasteiger partial charge in [0.15, 0.2) is 5.16 Å². The van der Waals surface area contributed by atoms with Crippen LogP contribution in [0.4, 0.5) is 5.69 Å². The van der Waals surface area contributed by atoms with Crippen LogP contribution in [0.25, 0.3) is 15.2 Å². The average molecular weight is 446 g/mol. The van der Waals surface area contributed by atoms with Gasteiger partial charge >= 0.3 is 0 Å². The van der Waals surface area contributed by atoms with Crippen molar-refractivity contribution in [1.82, 2.24) is 19.5 Å². The van der Waals surface area contributed by atoms with Crippen LogP contribution in [0.3, 0.4) is 0 Å². The Morgan fingerprint density at radius 2 is 1.93 bits per heavy atom. The summed E-state index contributed by atoms with van der Waals surface area (Å²) in [5.74, 6) is -0.339. The van der Waals surface area contributed by atoms with Crippen LogP contribution in [0.1, 0.15) is 0 Å². The lowest BCUT2D eigenvalue weighted by Crippen LogP contribution is -2.36. The molecule has 0 radical (unpaired) electrons. The number of anilines is 1. The van der Waals surface area contributed by atoms with Gasteiger partial charge in [-0.2, -0.15) is 0 Å². The van der Waals surface area contributed by atoms with E-state index in [0.717, 1.165) is 15.2 Å². The first-order valence-corrected chi connectivity index (χ1v) is 10.8. The summed E-state index contributed by atoms with van der Waals surface area (Å²) in [4.78, 5) is 26.8. The highest BCUT2D eigenvalue weighted by molar-refractivity contribution is 7.99. The third kappa shape index (κ3) is 4.21. The van der Waals surface area contributed by atoms with Crippen LogP contribution in [0.15, 0.2) is 53.7 Å². The van der Waals surface area contributed by atoms with Gasteiger partial charge in [0, 0.05) is 7.05 Å². The molecule has 148 valence electrons. The molecular formula is C19H16ClN5O2S2. The van der Waals surface area contributed by atoms with Gasteiger partial charge in [0.1, 0.15) is 0 Å². The molecule has 0 aliphatic heterocycles. The number of halogens is 1. The van der Waals surface area contributed by atoms with E-state index in [1.807, 2.05) is 28.7 Å². The van der Waals surface area contributed by atoms with Gasteiger partial charge in [0.2, 0.25) is 16.8 Å². The monoisotopic (exact) mass is 445 g/mol. The third-order valence-corrected chi connectivity index (χ3v) is 6.45. The van der Waals surface area contributed by atoms with Crippen molar-refractivity contribution < 1.29 is 9.59 Å². The Kier molecular flexibility index (Phi) is 5.70. The first-order valence-electron chi connectivity index (χ1n) is 8.67. The SMILES string of the molecule is CN(CC(=O)Nc1ccccc1Cl)C(=O)CSc1nnc2sc3ccccc3n12. The van der Waals surface area contributed by atoms with Gasteiger partial charge in [-0.3, -0.25) is 14.0 Å². The number of thioether (sulfide) groups is 1. The minimum absolute atomic E-state index is 0.0682. The van der Waals surface area contributed by atoms with Crippen LogP contribution in [-0.2, 0) is 9.59 Å². The van der Waals surface area contributed by atoms with E-state index in [9.17, 15) is 9.59 Å². The summed E-state index contributed by atoms with van der Waals surface area (Å²) in [5.41, 5.74) is 1.53. The normalized spacial score (nSPS) is 11.1. The van der Waals surface area contributed by atoms with Gasteiger partial charge in [-0.25, -0.2) is 0 Å². The number of para-hydroxylation sites is 2. The summed E-state index contributed by atoms with van der Waals surface area (Å²) in [6.45, 7) is -0.0682. The number of aromatic nitrogens is 3. The fourth-order valence-corrected chi connectivity index (χ4v) is 4.83. The summed E-state index contributed by atoms with van der Waals surface area (Å²) in [6.07, 6.45) is 0. The number of likely N-dealkylation sites (N-methyl/N-ethyl adjacent to an activating group) is 1. The maximum Gasteiger partial charge on any atom is 0.244 e. The number of hydrogen-bond acceptors (Lipinski definition) is 6. The molecule has 0 unspecified atom stereocenters. The van der Waals surface area contributed by atoms with E-state index in [-0.39, 0.29) is 24.1 Å². The number of rotatable bonds is 6. The first kappa shape index (κ1) is 19.7. The molecule has 4 aromatic rings. The molecule has 0 fully saturated rings. The predicted octanol–water partition coefficient (Wildman–Crippen LogP) is 3.79. The molecule has 0 saturated heterocycles. The van der Waals surface area contributed by atoms with Crippen molar-refractivity contribution in [3.05, 3.63) is 53.6 Å². The number of nitrogens with one attached hydrogen (secondary N) is 1.